The second-order valence-electron chi connectivity index (χ2n) is 3.43. The smallest absolute Gasteiger partial charge is 0.134 e. The number of benzene rings is 1. The number of carbonyl (C=O) groups excluding carboxylic acids is 1. The summed E-state index contributed by atoms with van der Waals surface area (Å²) in [5, 5.41) is 0. The van der Waals surface area contributed by atoms with E-state index in [4.69, 9.17) is 0 Å². The van der Waals surface area contributed by atoms with Crippen LogP contribution in [-0.4, -0.2) is 5.78 Å². The molecular weight excluding hydrogens is 240 g/mol. The molecule has 0 saturated heterocycles. The Bertz CT molecular complexity index is 380. The van der Waals surface area contributed by atoms with Gasteiger partial charge in [-0.2, -0.15) is 0 Å². The molecule has 1 rings (SSSR count). The van der Waals surface area contributed by atoms with Crippen LogP contribution in [-0.2, 0) is 11.2 Å². The molecule has 0 fully saturated rings. The van der Waals surface area contributed by atoms with Crippen molar-refractivity contribution in [2.75, 3.05) is 0 Å². The molecule has 0 aliphatic rings. The van der Waals surface area contributed by atoms with E-state index in [9.17, 15) is 4.79 Å². The largest absolute Gasteiger partial charge is 0.300 e. The zero-order valence-electron chi connectivity index (χ0n) is 8.43. The Morgan fingerprint density at radius 3 is 2.57 bits per heavy atom. The summed E-state index contributed by atoms with van der Waals surface area (Å²) in [7, 11) is 0. The number of allylic oxidation sites excluding steroid dienone is 1. The molecule has 0 spiro atoms. The van der Waals surface area contributed by atoms with Gasteiger partial charge in [0.05, 0.1) is 0 Å². The van der Waals surface area contributed by atoms with E-state index in [2.05, 4.69) is 22.5 Å². The fraction of sp³-hybridized carbons (Fsp3) is 0.250. The summed E-state index contributed by atoms with van der Waals surface area (Å²) >= 11 is 3.45. The first kappa shape index (κ1) is 11.2. The van der Waals surface area contributed by atoms with Crippen LogP contribution in [0.2, 0.25) is 0 Å². The van der Waals surface area contributed by atoms with Crippen molar-refractivity contribution in [1.82, 2.24) is 0 Å². The van der Waals surface area contributed by atoms with E-state index in [1.165, 1.54) is 0 Å². The van der Waals surface area contributed by atoms with Crippen molar-refractivity contribution in [3.8, 4) is 0 Å². The Hall–Kier alpha value is -0.890. The topological polar surface area (TPSA) is 17.1 Å². The monoisotopic (exact) mass is 252 g/mol. The molecule has 1 nitrogen and oxygen atoms in total. The van der Waals surface area contributed by atoms with Crippen LogP contribution < -0.4 is 0 Å². The SMILES string of the molecule is C=C(C)c1cccc(Br)c1CC(C)=O. The summed E-state index contributed by atoms with van der Waals surface area (Å²) in [6, 6.07) is 5.90. The molecule has 0 aromatic heterocycles. The summed E-state index contributed by atoms with van der Waals surface area (Å²) in [5.74, 6) is 0.166. The van der Waals surface area contributed by atoms with Crippen LogP contribution in [0.15, 0.2) is 29.3 Å². The lowest BCUT2D eigenvalue weighted by molar-refractivity contribution is -0.116. The predicted octanol–water partition coefficient (Wildman–Crippen LogP) is 3.61. The van der Waals surface area contributed by atoms with Crippen LogP contribution in [0.25, 0.3) is 5.57 Å². The molecule has 0 heterocycles. The van der Waals surface area contributed by atoms with Crippen LogP contribution in [0.4, 0.5) is 0 Å². The minimum Gasteiger partial charge on any atom is -0.300 e. The van der Waals surface area contributed by atoms with E-state index in [0.717, 1.165) is 21.2 Å². The first-order chi connectivity index (χ1) is 6.52. The number of rotatable bonds is 3. The number of ketones is 1. The number of hydrogen-bond acceptors (Lipinski definition) is 1. The second kappa shape index (κ2) is 4.56. The third-order valence-electron chi connectivity index (χ3n) is 2.00. The highest BCUT2D eigenvalue weighted by Gasteiger charge is 2.08. The molecular formula is C12H13BrO. The van der Waals surface area contributed by atoms with Crippen LogP contribution in [0.1, 0.15) is 25.0 Å². The van der Waals surface area contributed by atoms with Crippen molar-refractivity contribution in [3.05, 3.63) is 40.4 Å². The third kappa shape index (κ3) is 2.55. The van der Waals surface area contributed by atoms with Crippen molar-refractivity contribution in [2.45, 2.75) is 20.3 Å². The molecule has 1 aromatic rings. The second-order valence-corrected chi connectivity index (χ2v) is 4.28. The highest BCUT2D eigenvalue weighted by Crippen LogP contribution is 2.25. The maximum atomic E-state index is 11.1. The molecule has 14 heavy (non-hydrogen) atoms. The van der Waals surface area contributed by atoms with Crippen molar-refractivity contribution in [3.63, 3.8) is 0 Å². The lowest BCUT2D eigenvalue weighted by Crippen LogP contribution is -2.00. The van der Waals surface area contributed by atoms with Crippen LogP contribution in [0.5, 0.6) is 0 Å². The van der Waals surface area contributed by atoms with Crippen molar-refractivity contribution in [2.24, 2.45) is 0 Å². The zero-order chi connectivity index (χ0) is 10.7. The Kier molecular flexibility index (Phi) is 3.64. The van der Waals surface area contributed by atoms with Crippen molar-refractivity contribution < 1.29 is 4.79 Å². The van der Waals surface area contributed by atoms with Gasteiger partial charge in [-0.15, -0.1) is 0 Å². The lowest BCUT2D eigenvalue weighted by atomic mass is 9.98. The summed E-state index contributed by atoms with van der Waals surface area (Å²) in [5.41, 5.74) is 3.09. The summed E-state index contributed by atoms with van der Waals surface area (Å²) < 4.78 is 0.980. The van der Waals surface area contributed by atoms with Gasteiger partial charge in [0.2, 0.25) is 0 Å². The van der Waals surface area contributed by atoms with E-state index in [0.29, 0.717) is 6.42 Å². The first-order valence-corrected chi connectivity index (χ1v) is 5.24. The molecule has 0 unspecified atom stereocenters. The molecule has 0 N–H and O–H groups in total. The molecule has 1 aromatic carbocycles. The summed E-state index contributed by atoms with van der Waals surface area (Å²) in [6.07, 6.45) is 0.462. The van der Waals surface area contributed by atoms with Gasteiger partial charge in [0.15, 0.2) is 0 Å². The summed E-state index contributed by atoms with van der Waals surface area (Å²) in [4.78, 5) is 11.1. The molecule has 0 aliphatic heterocycles. The summed E-state index contributed by atoms with van der Waals surface area (Å²) in [6.45, 7) is 7.45. The Labute approximate surface area is 93.0 Å². The van der Waals surface area contributed by atoms with Gasteiger partial charge in [0, 0.05) is 10.9 Å². The van der Waals surface area contributed by atoms with Gasteiger partial charge in [-0.25, -0.2) is 0 Å². The molecule has 0 saturated carbocycles. The fourth-order valence-electron chi connectivity index (χ4n) is 1.39. The number of halogens is 1. The van der Waals surface area contributed by atoms with Gasteiger partial charge in [-0.1, -0.05) is 40.2 Å². The van der Waals surface area contributed by atoms with Gasteiger partial charge >= 0.3 is 0 Å². The Balaban J connectivity index is 3.22. The van der Waals surface area contributed by atoms with Gasteiger partial charge in [-0.05, 0) is 31.0 Å². The average Bonchev–Trinajstić information content (AvgIpc) is 2.07. The molecule has 0 atom stereocenters. The maximum Gasteiger partial charge on any atom is 0.134 e. The predicted molar refractivity (Wildman–Crippen MR) is 63.2 cm³/mol. The van der Waals surface area contributed by atoms with Crippen LogP contribution >= 0.6 is 15.9 Å². The number of Topliss-reactive ketones (excluding diaryl/α,β-unsaturated/α-hetero) is 1. The van der Waals surface area contributed by atoms with Gasteiger partial charge in [-0.3, -0.25) is 4.79 Å². The van der Waals surface area contributed by atoms with E-state index >= 15 is 0 Å². The van der Waals surface area contributed by atoms with E-state index in [1.54, 1.807) is 6.92 Å². The van der Waals surface area contributed by atoms with E-state index in [1.807, 2.05) is 25.1 Å². The zero-order valence-corrected chi connectivity index (χ0v) is 10.0. The van der Waals surface area contributed by atoms with E-state index < -0.39 is 0 Å². The average molecular weight is 253 g/mol. The molecule has 0 bridgehead atoms. The highest BCUT2D eigenvalue weighted by molar-refractivity contribution is 9.10. The van der Waals surface area contributed by atoms with Crippen LogP contribution in [0, 0.1) is 0 Å². The third-order valence-corrected chi connectivity index (χ3v) is 2.75. The van der Waals surface area contributed by atoms with Gasteiger partial charge in [0.1, 0.15) is 5.78 Å². The fourth-order valence-corrected chi connectivity index (χ4v) is 1.89. The molecule has 74 valence electrons. The number of hydrogen-bond donors (Lipinski definition) is 0. The molecule has 0 aliphatic carbocycles. The standard InChI is InChI=1S/C12H13BrO/c1-8(2)10-5-4-6-12(13)11(10)7-9(3)14/h4-6H,1,7H2,2-3H3. The quantitative estimate of drug-likeness (QED) is 0.804. The first-order valence-electron chi connectivity index (χ1n) is 4.45. The molecule has 0 amide bonds. The Morgan fingerprint density at radius 1 is 1.43 bits per heavy atom. The van der Waals surface area contributed by atoms with Gasteiger partial charge in [0.25, 0.3) is 0 Å². The minimum absolute atomic E-state index is 0.166. The minimum atomic E-state index is 0.166. The highest BCUT2D eigenvalue weighted by atomic mass is 79.9. The maximum absolute atomic E-state index is 11.1. The van der Waals surface area contributed by atoms with Gasteiger partial charge < -0.3 is 0 Å². The molecule has 2 heteroatoms. The number of carbonyl (C=O) groups is 1. The molecule has 0 radical (unpaired) electrons. The lowest BCUT2D eigenvalue weighted by Gasteiger charge is -2.09. The van der Waals surface area contributed by atoms with Crippen LogP contribution in [0.3, 0.4) is 0 Å². The normalized spacial score (nSPS) is 9.93. The van der Waals surface area contributed by atoms with E-state index in [-0.39, 0.29) is 5.78 Å². The Morgan fingerprint density at radius 2 is 2.07 bits per heavy atom. The van der Waals surface area contributed by atoms with Crippen molar-refractivity contribution >= 4 is 27.3 Å². The van der Waals surface area contributed by atoms with Crippen molar-refractivity contribution in [1.29, 1.82) is 0 Å².